The molecule has 0 bridgehead atoms. The molecular weight excluding hydrogens is 687 g/mol. The molecule has 15 nitrogen and oxygen atoms in total. The van der Waals surface area contributed by atoms with Crippen LogP contribution in [0.5, 0.6) is 0 Å². The smallest absolute Gasteiger partial charge is 0.410 e. The van der Waals surface area contributed by atoms with E-state index in [0.29, 0.717) is 71.2 Å². The second-order valence-electron chi connectivity index (χ2n) is 13.3. The van der Waals surface area contributed by atoms with Gasteiger partial charge in [-0.2, -0.15) is 5.10 Å². The molecule has 52 heavy (non-hydrogen) atoms. The first-order chi connectivity index (χ1) is 24.8. The third kappa shape index (κ3) is 6.55. The molecule has 7 rings (SSSR count). The molecule has 4 aromatic heterocycles. The SMILES string of the molecule is Cn1cc(-c2ccnc3c2cc(-c2cnc(N4CCN(C(=O)OC(C)(C)C)CC4)nc2)n3S(=O)(=O)c2ccccc2)c(-c2ccc([N+](=O)[O-])cc2)n1. The fourth-order valence-electron chi connectivity index (χ4n) is 6.12. The van der Waals surface area contributed by atoms with Crippen molar-refractivity contribution in [3.8, 4) is 33.6 Å². The number of pyridine rings is 1. The maximum absolute atomic E-state index is 14.4. The number of nitrogens with zero attached hydrogens (tertiary/aromatic N) is 9. The minimum absolute atomic E-state index is 0.0448. The number of fused-ring (bicyclic) bond motifs is 1. The Hall–Kier alpha value is -6.16. The Bertz CT molecular complexity index is 2400. The molecule has 2 aromatic carbocycles. The van der Waals surface area contributed by atoms with Crippen LogP contribution in [0.1, 0.15) is 20.8 Å². The van der Waals surface area contributed by atoms with E-state index in [1.165, 1.54) is 28.2 Å². The minimum Gasteiger partial charge on any atom is -0.444 e. The normalized spacial score (nSPS) is 13.8. The van der Waals surface area contributed by atoms with Crippen molar-refractivity contribution in [1.29, 1.82) is 0 Å². The van der Waals surface area contributed by atoms with Crippen molar-refractivity contribution < 1.29 is 22.9 Å². The standard InChI is InChI=1S/C36H35N9O6S/c1-36(2,3)51-35(46)43-18-16-42(17-19-43)34-38-21-25(22-39-34)31-20-29-28(14-15-37-33(29)44(31)52(49,50)27-8-6-5-7-9-27)30-23-41(4)40-32(30)24-10-12-26(13-11-24)45(47)48/h5-15,20-23H,16-19H2,1-4H3. The summed E-state index contributed by atoms with van der Waals surface area (Å²) in [5, 5.41) is 16.5. The summed E-state index contributed by atoms with van der Waals surface area (Å²) in [6, 6.07) is 17.8. The van der Waals surface area contributed by atoms with Gasteiger partial charge in [0.2, 0.25) is 5.95 Å². The van der Waals surface area contributed by atoms with Crippen molar-refractivity contribution in [2.24, 2.45) is 7.05 Å². The number of amides is 1. The fourth-order valence-corrected chi connectivity index (χ4v) is 7.63. The summed E-state index contributed by atoms with van der Waals surface area (Å²) in [7, 11) is -2.41. The van der Waals surface area contributed by atoms with Gasteiger partial charge in [-0.25, -0.2) is 32.1 Å². The minimum atomic E-state index is -4.17. The quantitative estimate of drug-likeness (QED) is 0.145. The number of carbonyl (C=O) groups excluding carboxylic acids is 1. The van der Waals surface area contributed by atoms with E-state index in [1.54, 1.807) is 77.7 Å². The van der Waals surface area contributed by atoms with Gasteiger partial charge in [-0.15, -0.1) is 0 Å². The van der Waals surface area contributed by atoms with E-state index in [-0.39, 0.29) is 22.3 Å². The highest BCUT2D eigenvalue weighted by molar-refractivity contribution is 7.90. The number of ether oxygens (including phenoxy) is 1. The molecule has 0 atom stereocenters. The molecule has 5 heterocycles. The fraction of sp³-hybridized carbons (Fsp3) is 0.250. The van der Waals surface area contributed by atoms with Crippen LogP contribution in [0.2, 0.25) is 0 Å². The lowest BCUT2D eigenvalue weighted by molar-refractivity contribution is -0.384. The zero-order valence-electron chi connectivity index (χ0n) is 28.9. The maximum Gasteiger partial charge on any atom is 0.410 e. The number of benzene rings is 2. The highest BCUT2D eigenvalue weighted by atomic mass is 32.2. The topological polar surface area (TPSA) is 171 Å². The number of aromatic nitrogens is 6. The average Bonchev–Trinajstić information content (AvgIpc) is 3.73. The van der Waals surface area contributed by atoms with E-state index in [4.69, 9.17) is 4.74 Å². The lowest BCUT2D eigenvalue weighted by Crippen LogP contribution is -2.50. The Balaban J connectivity index is 1.29. The molecule has 0 spiro atoms. The van der Waals surface area contributed by atoms with Gasteiger partial charge in [-0.3, -0.25) is 14.8 Å². The first kappa shape index (κ1) is 34.3. The molecule has 1 saturated heterocycles. The molecular formula is C36H35N9O6S. The molecule has 1 fully saturated rings. The van der Waals surface area contributed by atoms with Crippen molar-refractivity contribution in [3.05, 3.63) is 102 Å². The third-order valence-corrected chi connectivity index (χ3v) is 10.3. The number of nitro benzene ring substituents is 1. The van der Waals surface area contributed by atoms with Gasteiger partial charge in [0.05, 0.1) is 15.5 Å². The molecule has 0 aliphatic carbocycles. The predicted octanol–water partition coefficient (Wildman–Crippen LogP) is 5.76. The Kier molecular flexibility index (Phi) is 8.70. The van der Waals surface area contributed by atoms with Gasteiger partial charge in [0.1, 0.15) is 11.3 Å². The number of hydrogen-bond donors (Lipinski definition) is 0. The molecule has 1 amide bonds. The van der Waals surface area contributed by atoms with Crippen molar-refractivity contribution in [2.45, 2.75) is 31.3 Å². The first-order valence-corrected chi connectivity index (χ1v) is 17.9. The van der Waals surface area contributed by atoms with E-state index in [2.05, 4.69) is 20.1 Å². The molecule has 0 saturated carbocycles. The van der Waals surface area contributed by atoms with E-state index < -0.39 is 20.5 Å². The highest BCUT2D eigenvalue weighted by Crippen LogP contribution is 2.39. The van der Waals surface area contributed by atoms with Crippen LogP contribution in [0.4, 0.5) is 16.4 Å². The van der Waals surface area contributed by atoms with Gasteiger partial charge in [0.15, 0.2) is 5.65 Å². The Morgan fingerprint density at radius 1 is 0.885 bits per heavy atom. The van der Waals surface area contributed by atoms with E-state index in [1.807, 2.05) is 31.9 Å². The van der Waals surface area contributed by atoms with Crippen LogP contribution in [-0.2, 0) is 21.8 Å². The van der Waals surface area contributed by atoms with Gasteiger partial charge in [0, 0.05) is 92.2 Å². The second kappa shape index (κ2) is 13.2. The monoisotopic (exact) mass is 721 g/mol. The zero-order chi connectivity index (χ0) is 36.8. The van der Waals surface area contributed by atoms with Crippen LogP contribution in [0, 0.1) is 10.1 Å². The average molecular weight is 722 g/mol. The Morgan fingerprint density at radius 2 is 1.56 bits per heavy atom. The number of hydrogen-bond acceptors (Lipinski definition) is 11. The predicted molar refractivity (Wildman–Crippen MR) is 194 cm³/mol. The van der Waals surface area contributed by atoms with Crippen LogP contribution in [0.15, 0.2) is 96.4 Å². The number of aryl methyl sites for hydroxylation is 1. The van der Waals surface area contributed by atoms with Crippen molar-refractivity contribution in [3.63, 3.8) is 0 Å². The summed E-state index contributed by atoms with van der Waals surface area (Å²) in [5.41, 5.74) is 2.86. The van der Waals surface area contributed by atoms with Crippen LogP contribution < -0.4 is 4.90 Å². The Morgan fingerprint density at radius 3 is 2.19 bits per heavy atom. The van der Waals surface area contributed by atoms with Crippen molar-refractivity contribution >= 4 is 38.8 Å². The number of nitro groups is 1. The number of non-ortho nitro benzene ring substituents is 1. The second-order valence-corrected chi connectivity index (χ2v) is 15.1. The molecule has 1 aliphatic rings. The largest absolute Gasteiger partial charge is 0.444 e. The third-order valence-electron chi connectivity index (χ3n) is 8.56. The lowest BCUT2D eigenvalue weighted by Gasteiger charge is -2.35. The lowest BCUT2D eigenvalue weighted by atomic mass is 10.00. The number of carbonyl (C=O) groups is 1. The summed E-state index contributed by atoms with van der Waals surface area (Å²) < 4.78 is 37.1. The molecule has 266 valence electrons. The van der Waals surface area contributed by atoms with Gasteiger partial charge in [0.25, 0.3) is 15.7 Å². The molecule has 6 aromatic rings. The van der Waals surface area contributed by atoms with Gasteiger partial charge < -0.3 is 14.5 Å². The summed E-state index contributed by atoms with van der Waals surface area (Å²) in [5.74, 6) is 0.447. The molecule has 16 heteroatoms. The maximum atomic E-state index is 14.4. The summed E-state index contributed by atoms with van der Waals surface area (Å²) in [6.45, 7) is 7.36. The van der Waals surface area contributed by atoms with E-state index >= 15 is 0 Å². The van der Waals surface area contributed by atoms with Crippen LogP contribution in [0.25, 0.3) is 44.7 Å². The summed E-state index contributed by atoms with van der Waals surface area (Å²) in [4.78, 5) is 40.9. The van der Waals surface area contributed by atoms with E-state index in [0.717, 1.165) is 0 Å². The van der Waals surface area contributed by atoms with Crippen LogP contribution in [0.3, 0.4) is 0 Å². The summed E-state index contributed by atoms with van der Waals surface area (Å²) >= 11 is 0. The van der Waals surface area contributed by atoms with Crippen LogP contribution in [-0.4, -0.2) is 84.8 Å². The molecule has 0 N–H and O–H groups in total. The highest BCUT2D eigenvalue weighted by Gasteiger charge is 2.29. The zero-order valence-corrected chi connectivity index (χ0v) is 29.7. The van der Waals surface area contributed by atoms with E-state index in [9.17, 15) is 23.3 Å². The number of anilines is 1. The Labute approximate surface area is 299 Å². The number of piperazine rings is 1. The van der Waals surface area contributed by atoms with Gasteiger partial charge in [-0.05, 0) is 62.7 Å². The number of rotatable bonds is 7. The van der Waals surface area contributed by atoms with Crippen molar-refractivity contribution in [1.82, 2.24) is 33.6 Å². The van der Waals surface area contributed by atoms with Gasteiger partial charge >= 0.3 is 6.09 Å². The van der Waals surface area contributed by atoms with Crippen LogP contribution >= 0.6 is 0 Å². The molecule has 1 aliphatic heterocycles. The van der Waals surface area contributed by atoms with Gasteiger partial charge in [-0.1, -0.05) is 18.2 Å². The molecule has 0 unspecified atom stereocenters. The first-order valence-electron chi connectivity index (χ1n) is 16.5. The van der Waals surface area contributed by atoms with Crippen molar-refractivity contribution in [2.75, 3.05) is 31.1 Å². The summed E-state index contributed by atoms with van der Waals surface area (Å²) in [6.07, 6.45) is 6.16. The molecule has 0 radical (unpaired) electrons.